The molecule has 1 N–H and O–H groups in total. The van der Waals surface area contributed by atoms with E-state index in [2.05, 4.69) is 34.5 Å². The van der Waals surface area contributed by atoms with Crippen molar-refractivity contribution in [2.75, 3.05) is 19.0 Å². The molecule has 2 aromatic rings. The smallest absolute Gasteiger partial charge is 0.0652 e. The average Bonchev–Trinajstić information content (AvgIpc) is 2.47. The quantitative estimate of drug-likeness (QED) is 0.768. The van der Waals surface area contributed by atoms with E-state index < -0.39 is 0 Å². The minimum Gasteiger partial charge on any atom is -0.378 e. The van der Waals surface area contributed by atoms with Crippen molar-refractivity contribution < 1.29 is 0 Å². The molecule has 5 heteroatoms. The lowest BCUT2D eigenvalue weighted by Crippen LogP contribution is -2.14. The second kappa shape index (κ2) is 7.37. The number of halogens is 3. The minimum atomic E-state index is 0.514. The molecule has 0 atom stereocenters. The van der Waals surface area contributed by atoms with E-state index in [1.165, 1.54) is 11.3 Å². The zero-order chi connectivity index (χ0) is 15.4. The van der Waals surface area contributed by atoms with E-state index in [9.17, 15) is 0 Å². The number of benzene rings is 2. The molecule has 0 radical (unpaired) electrons. The molecule has 0 amide bonds. The van der Waals surface area contributed by atoms with Gasteiger partial charge in [-0.1, -0.05) is 46.9 Å². The maximum atomic E-state index is 6.17. The second-order valence-corrected chi connectivity index (χ2v) is 6.18. The molecule has 0 fully saturated rings. The third kappa shape index (κ3) is 4.27. The molecule has 0 unspecified atom stereocenters. The van der Waals surface area contributed by atoms with Crippen molar-refractivity contribution >= 4 is 40.5 Å². The van der Waals surface area contributed by atoms with Crippen molar-refractivity contribution in [1.82, 2.24) is 5.32 Å². The van der Waals surface area contributed by atoms with E-state index >= 15 is 0 Å². The summed E-state index contributed by atoms with van der Waals surface area (Å²) in [6.07, 6.45) is 0. The first-order valence-electron chi connectivity index (χ1n) is 6.58. The summed E-state index contributed by atoms with van der Waals surface area (Å²) in [5.74, 6) is 0. The molecule has 0 aliphatic heterocycles. The summed E-state index contributed by atoms with van der Waals surface area (Å²) in [6, 6.07) is 11.9. The van der Waals surface area contributed by atoms with E-state index in [1.54, 1.807) is 12.1 Å². The van der Waals surface area contributed by atoms with Gasteiger partial charge < -0.3 is 10.2 Å². The van der Waals surface area contributed by atoms with Crippen LogP contribution in [0.25, 0.3) is 0 Å². The van der Waals surface area contributed by atoms with E-state index in [0.29, 0.717) is 21.6 Å². The van der Waals surface area contributed by atoms with Crippen LogP contribution in [0.4, 0.5) is 5.69 Å². The summed E-state index contributed by atoms with van der Waals surface area (Å²) in [5, 5.41) is 4.99. The molecule has 0 aliphatic carbocycles. The van der Waals surface area contributed by atoms with Crippen LogP contribution in [0, 0.1) is 0 Å². The standard InChI is InChI=1S/C16H17Cl3N2/c1-21(2)12-5-3-11(4-6-12)9-20-10-13-14(17)7-8-15(18)16(13)19/h3-8,20H,9-10H2,1-2H3. The number of anilines is 1. The van der Waals surface area contributed by atoms with Gasteiger partial charge in [0.25, 0.3) is 0 Å². The molecule has 0 heterocycles. The van der Waals surface area contributed by atoms with Crippen LogP contribution in [-0.4, -0.2) is 14.1 Å². The third-order valence-electron chi connectivity index (χ3n) is 3.22. The molecule has 21 heavy (non-hydrogen) atoms. The Morgan fingerprint density at radius 2 is 1.48 bits per heavy atom. The maximum Gasteiger partial charge on any atom is 0.0652 e. The summed E-state index contributed by atoms with van der Waals surface area (Å²) in [5.41, 5.74) is 3.21. The first-order valence-corrected chi connectivity index (χ1v) is 7.72. The van der Waals surface area contributed by atoms with Gasteiger partial charge in [0.2, 0.25) is 0 Å². The summed E-state index contributed by atoms with van der Waals surface area (Å²) in [7, 11) is 4.05. The van der Waals surface area contributed by atoms with Crippen LogP contribution in [0.1, 0.15) is 11.1 Å². The van der Waals surface area contributed by atoms with Crippen LogP contribution >= 0.6 is 34.8 Å². The Hall–Kier alpha value is -0.930. The van der Waals surface area contributed by atoms with Gasteiger partial charge in [-0.2, -0.15) is 0 Å². The lowest BCUT2D eigenvalue weighted by molar-refractivity contribution is 0.693. The average molecular weight is 344 g/mol. The Morgan fingerprint density at radius 3 is 2.10 bits per heavy atom. The SMILES string of the molecule is CN(C)c1ccc(CNCc2c(Cl)ccc(Cl)c2Cl)cc1. The van der Waals surface area contributed by atoms with Crippen molar-refractivity contribution in [3.8, 4) is 0 Å². The van der Waals surface area contributed by atoms with Crippen molar-refractivity contribution in [3.05, 3.63) is 62.6 Å². The molecule has 2 nitrogen and oxygen atoms in total. The molecule has 0 aromatic heterocycles. The van der Waals surface area contributed by atoms with Crippen molar-refractivity contribution in [2.24, 2.45) is 0 Å². The topological polar surface area (TPSA) is 15.3 Å². The molecule has 0 spiro atoms. The highest BCUT2D eigenvalue weighted by Gasteiger charge is 2.09. The van der Waals surface area contributed by atoms with E-state index in [1.807, 2.05) is 14.1 Å². The van der Waals surface area contributed by atoms with Gasteiger partial charge >= 0.3 is 0 Å². The molecule has 2 aromatic carbocycles. The molecule has 0 bridgehead atoms. The zero-order valence-corrected chi connectivity index (χ0v) is 14.2. The van der Waals surface area contributed by atoms with Crippen LogP contribution in [0.15, 0.2) is 36.4 Å². The van der Waals surface area contributed by atoms with Gasteiger partial charge in [-0.3, -0.25) is 0 Å². The van der Waals surface area contributed by atoms with Crippen molar-refractivity contribution in [3.63, 3.8) is 0 Å². The molecule has 112 valence electrons. The van der Waals surface area contributed by atoms with E-state index in [0.717, 1.165) is 12.1 Å². The van der Waals surface area contributed by atoms with Crippen molar-refractivity contribution in [2.45, 2.75) is 13.1 Å². The second-order valence-electron chi connectivity index (χ2n) is 4.99. The Labute approximate surface area is 140 Å². The molecule has 0 saturated carbocycles. The van der Waals surface area contributed by atoms with Gasteiger partial charge in [0.1, 0.15) is 0 Å². The first kappa shape index (κ1) is 16.4. The molecular formula is C16H17Cl3N2. The minimum absolute atomic E-state index is 0.514. The van der Waals surface area contributed by atoms with Crippen LogP contribution in [0.3, 0.4) is 0 Å². The van der Waals surface area contributed by atoms with Crippen LogP contribution in [0.2, 0.25) is 15.1 Å². The largest absolute Gasteiger partial charge is 0.378 e. The first-order chi connectivity index (χ1) is 9.99. The highest BCUT2D eigenvalue weighted by molar-refractivity contribution is 6.44. The maximum absolute atomic E-state index is 6.17. The highest BCUT2D eigenvalue weighted by Crippen LogP contribution is 2.31. The Bertz CT molecular complexity index is 610. The van der Waals surface area contributed by atoms with Gasteiger partial charge in [0.05, 0.1) is 10.0 Å². The zero-order valence-electron chi connectivity index (χ0n) is 12.0. The Morgan fingerprint density at radius 1 is 0.857 bits per heavy atom. The Kier molecular flexibility index (Phi) is 5.77. The lowest BCUT2D eigenvalue weighted by atomic mass is 10.2. The van der Waals surface area contributed by atoms with E-state index in [-0.39, 0.29) is 0 Å². The van der Waals surface area contributed by atoms with Crippen molar-refractivity contribution in [1.29, 1.82) is 0 Å². The molecular weight excluding hydrogens is 327 g/mol. The third-order valence-corrected chi connectivity index (χ3v) is 4.42. The number of hydrogen-bond acceptors (Lipinski definition) is 2. The number of nitrogens with zero attached hydrogens (tertiary/aromatic N) is 1. The summed E-state index contributed by atoms with van der Waals surface area (Å²) in [4.78, 5) is 2.07. The summed E-state index contributed by atoms with van der Waals surface area (Å²) in [6.45, 7) is 1.32. The predicted octanol–water partition coefficient (Wildman–Crippen LogP) is 5.00. The van der Waals surface area contributed by atoms with Gasteiger partial charge in [-0.05, 0) is 29.8 Å². The number of nitrogens with one attached hydrogen (secondary N) is 1. The highest BCUT2D eigenvalue weighted by atomic mass is 35.5. The summed E-state index contributed by atoms with van der Waals surface area (Å²) >= 11 is 18.3. The number of hydrogen-bond donors (Lipinski definition) is 1. The monoisotopic (exact) mass is 342 g/mol. The lowest BCUT2D eigenvalue weighted by Gasteiger charge is -2.13. The van der Waals surface area contributed by atoms with Crippen LogP contribution in [-0.2, 0) is 13.1 Å². The predicted molar refractivity (Wildman–Crippen MR) is 92.8 cm³/mol. The van der Waals surface area contributed by atoms with Gasteiger partial charge in [-0.15, -0.1) is 0 Å². The summed E-state index contributed by atoms with van der Waals surface area (Å²) < 4.78 is 0. The number of rotatable bonds is 5. The Balaban J connectivity index is 1.97. The molecule has 0 saturated heterocycles. The fraction of sp³-hybridized carbons (Fsp3) is 0.250. The molecule has 2 rings (SSSR count). The van der Waals surface area contributed by atoms with E-state index in [4.69, 9.17) is 34.8 Å². The molecule has 0 aliphatic rings. The van der Waals surface area contributed by atoms with Crippen LogP contribution < -0.4 is 10.2 Å². The van der Waals surface area contributed by atoms with Gasteiger partial charge in [0.15, 0.2) is 0 Å². The fourth-order valence-electron chi connectivity index (χ4n) is 1.97. The van der Waals surface area contributed by atoms with Gasteiger partial charge in [0, 0.05) is 43.5 Å². The fourth-order valence-corrected chi connectivity index (χ4v) is 2.66. The normalized spacial score (nSPS) is 10.7. The van der Waals surface area contributed by atoms with Crippen LogP contribution in [0.5, 0.6) is 0 Å². The van der Waals surface area contributed by atoms with Gasteiger partial charge in [-0.25, -0.2) is 0 Å².